The summed E-state index contributed by atoms with van der Waals surface area (Å²) in [5.41, 5.74) is -0.248. The second-order valence-electron chi connectivity index (χ2n) is 4.79. The first-order valence-corrected chi connectivity index (χ1v) is 6.52. The maximum absolute atomic E-state index is 12.9. The average molecular weight is 321 g/mol. The summed E-state index contributed by atoms with van der Waals surface area (Å²) in [7, 11) is 0. The zero-order valence-electron chi connectivity index (χ0n) is 11.8. The molecule has 0 atom stereocenters. The number of rotatable bonds is 2. The van der Waals surface area contributed by atoms with Crippen LogP contribution in [-0.2, 0) is 6.18 Å². The van der Waals surface area contributed by atoms with Crippen LogP contribution in [0.3, 0.4) is 0 Å². The average Bonchev–Trinajstić information content (AvgIpc) is 3.01. The smallest absolute Gasteiger partial charge is 0.281 e. The Balaban J connectivity index is 2.21. The Bertz CT molecular complexity index is 900. The van der Waals surface area contributed by atoms with Crippen LogP contribution in [0.25, 0.3) is 17.1 Å². The third-order valence-corrected chi connectivity index (χ3v) is 3.36. The molecule has 6 nitrogen and oxygen atoms in total. The minimum Gasteiger partial charge on any atom is -0.281 e. The Morgan fingerprint density at radius 3 is 2.61 bits per heavy atom. The van der Waals surface area contributed by atoms with E-state index < -0.39 is 17.3 Å². The summed E-state index contributed by atoms with van der Waals surface area (Å²) < 4.78 is 39.8. The van der Waals surface area contributed by atoms with Gasteiger partial charge in [0.05, 0.1) is 5.56 Å². The van der Waals surface area contributed by atoms with Crippen LogP contribution in [0.15, 0.2) is 41.2 Å². The number of nitrogens with one attached hydrogen (secondary N) is 1. The van der Waals surface area contributed by atoms with Crippen LogP contribution >= 0.6 is 0 Å². The molecule has 0 fully saturated rings. The predicted octanol–water partition coefficient (Wildman–Crippen LogP) is 2.34. The molecule has 0 saturated heterocycles. The van der Waals surface area contributed by atoms with E-state index in [-0.39, 0.29) is 11.5 Å². The number of alkyl halides is 3. The van der Waals surface area contributed by atoms with Crippen molar-refractivity contribution in [1.82, 2.24) is 25.2 Å². The highest BCUT2D eigenvalue weighted by molar-refractivity contribution is 5.58. The largest absolute Gasteiger partial charge is 0.416 e. The fourth-order valence-corrected chi connectivity index (χ4v) is 2.29. The lowest BCUT2D eigenvalue weighted by Gasteiger charge is -2.14. The van der Waals surface area contributed by atoms with Gasteiger partial charge in [-0.3, -0.25) is 9.36 Å². The van der Waals surface area contributed by atoms with Gasteiger partial charge in [-0.15, -0.1) is 10.2 Å². The van der Waals surface area contributed by atoms with Gasteiger partial charge < -0.3 is 0 Å². The molecule has 1 aromatic carbocycles. The topological polar surface area (TPSA) is 76.5 Å². The molecule has 0 unspecified atom stereocenters. The number of H-pyrrole nitrogens is 1. The molecule has 0 saturated carbocycles. The third kappa shape index (κ3) is 2.72. The Morgan fingerprint density at radius 1 is 1.17 bits per heavy atom. The summed E-state index contributed by atoms with van der Waals surface area (Å²) in [6.45, 7) is 1.60. The molecule has 3 aromatic rings. The van der Waals surface area contributed by atoms with E-state index in [2.05, 4.69) is 20.6 Å². The van der Waals surface area contributed by atoms with E-state index in [9.17, 15) is 18.0 Å². The number of pyridine rings is 1. The first-order valence-electron chi connectivity index (χ1n) is 6.52. The van der Waals surface area contributed by atoms with Crippen molar-refractivity contribution in [2.24, 2.45) is 0 Å². The van der Waals surface area contributed by atoms with Crippen molar-refractivity contribution in [1.29, 1.82) is 0 Å². The van der Waals surface area contributed by atoms with E-state index in [1.54, 1.807) is 6.92 Å². The maximum atomic E-state index is 12.9. The van der Waals surface area contributed by atoms with Gasteiger partial charge in [0.15, 0.2) is 0 Å². The van der Waals surface area contributed by atoms with E-state index in [4.69, 9.17) is 0 Å². The molecule has 23 heavy (non-hydrogen) atoms. The lowest BCUT2D eigenvalue weighted by molar-refractivity contribution is -0.137. The molecule has 2 aromatic heterocycles. The SMILES string of the molecule is Cc1c(-c2nn[nH]n2)ccc(=O)n1-c1cccc(C(F)(F)F)c1. The Morgan fingerprint density at radius 2 is 1.96 bits per heavy atom. The van der Waals surface area contributed by atoms with Crippen molar-refractivity contribution in [3.8, 4) is 17.1 Å². The zero-order valence-corrected chi connectivity index (χ0v) is 11.8. The van der Waals surface area contributed by atoms with Crippen LogP contribution in [0.2, 0.25) is 0 Å². The fourth-order valence-electron chi connectivity index (χ4n) is 2.29. The molecule has 2 heterocycles. The molecule has 3 rings (SSSR count). The number of nitrogens with zero attached hydrogens (tertiary/aromatic N) is 4. The first-order chi connectivity index (χ1) is 10.9. The van der Waals surface area contributed by atoms with E-state index in [1.807, 2.05) is 0 Å². The van der Waals surface area contributed by atoms with Crippen LogP contribution in [0.5, 0.6) is 0 Å². The number of hydrogen-bond acceptors (Lipinski definition) is 4. The van der Waals surface area contributed by atoms with Gasteiger partial charge in [0.1, 0.15) is 0 Å². The van der Waals surface area contributed by atoms with Gasteiger partial charge in [-0.1, -0.05) is 6.07 Å². The highest BCUT2D eigenvalue weighted by Gasteiger charge is 2.30. The Kier molecular flexibility index (Phi) is 3.47. The lowest BCUT2D eigenvalue weighted by Crippen LogP contribution is -2.21. The van der Waals surface area contributed by atoms with Gasteiger partial charge in [-0.2, -0.15) is 18.4 Å². The molecule has 0 radical (unpaired) electrons. The molecule has 0 aliphatic rings. The van der Waals surface area contributed by atoms with Crippen molar-refractivity contribution in [3.63, 3.8) is 0 Å². The van der Waals surface area contributed by atoms with Crippen molar-refractivity contribution in [2.75, 3.05) is 0 Å². The van der Waals surface area contributed by atoms with Gasteiger partial charge >= 0.3 is 6.18 Å². The molecule has 0 aliphatic heterocycles. The predicted molar refractivity (Wildman–Crippen MR) is 74.9 cm³/mol. The number of hydrogen-bond donors (Lipinski definition) is 1. The number of tetrazole rings is 1. The Labute approximate surface area is 127 Å². The van der Waals surface area contributed by atoms with Gasteiger partial charge in [0.2, 0.25) is 5.82 Å². The van der Waals surface area contributed by atoms with Gasteiger partial charge in [-0.25, -0.2) is 0 Å². The van der Waals surface area contributed by atoms with E-state index >= 15 is 0 Å². The van der Waals surface area contributed by atoms with Crippen molar-refractivity contribution in [2.45, 2.75) is 13.1 Å². The molecular formula is C14H10F3N5O. The monoisotopic (exact) mass is 321 g/mol. The van der Waals surface area contributed by atoms with Crippen LogP contribution in [0, 0.1) is 6.92 Å². The summed E-state index contributed by atoms with van der Waals surface area (Å²) in [5.74, 6) is 0.253. The van der Waals surface area contributed by atoms with Crippen LogP contribution < -0.4 is 5.56 Å². The number of halogens is 3. The lowest BCUT2D eigenvalue weighted by atomic mass is 10.1. The summed E-state index contributed by atoms with van der Waals surface area (Å²) in [6, 6.07) is 7.32. The first kappa shape index (κ1) is 14.9. The van der Waals surface area contributed by atoms with E-state index in [0.717, 1.165) is 12.1 Å². The molecule has 0 aliphatic carbocycles. The normalized spacial score (nSPS) is 11.7. The molecule has 0 bridgehead atoms. The van der Waals surface area contributed by atoms with Crippen LogP contribution in [0.1, 0.15) is 11.3 Å². The maximum Gasteiger partial charge on any atom is 0.416 e. The zero-order chi connectivity index (χ0) is 16.6. The van der Waals surface area contributed by atoms with E-state index in [1.165, 1.54) is 28.8 Å². The molecule has 0 amide bonds. The minimum atomic E-state index is -4.49. The summed E-state index contributed by atoms with van der Waals surface area (Å²) in [6.07, 6.45) is -4.49. The second-order valence-corrected chi connectivity index (χ2v) is 4.79. The van der Waals surface area contributed by atoms with Crippen molar-refractivity contribution < 1.29 is 13.2 Å². The summed E-state index contributed by atoms with van der Waals surface area (Å²) >= 11 is 0. The highest BCUT2D eigenvalue weighted by Crippen LogP contribution is 2.30. The minimum absolute atomic E-state index is 0.118. The quantitative estimate of drug-likeness (QED) is 0.786. The summed E-state index contributed by atoms with van der Waals surface area (Å²) in [4.78, 5) is 12.1. The van der Waals surface area contributed by atoms with Crippen molar-refractivity contribution in [3.05, 3.63) is 58.0 Å². The Hall–Kier alpha value is -2.97. The fraction of sp³-hybridized carbons (Fsp3) is 0.143. The molecule has 9 heteroatoms. The number of benzene rings is 1. The molecular weight excluding hydrogens is 311 g/mol. The standard InChI is InChI=1S/C14H10F3N5O/c1-8-11(13-18-20-21-19-13)5-6-12(23)22(8)10-4-2-3-9(7-10)14(15,16)17/h2-7H,1H3,(H,18,19,20,21). The molecule has 118 valence electrons. The number of aromatic nitrogens is 5. The molecule has 1 N–H and O–H groups in total. The van der Waals surface area contributed by atoms with Gasteiger partial charge in [0.25, 0.3) is 5.56 Å². The third-order valence-electron chi connectivity index (χ3n) is 3.36. The summed E-state index contributed by atoms with van der Waals surface area (Å²) in [5, 5.41) is 13.4. The van der Waals surface area contributed by atoms with Crippen LogP contribution in [0.4, 0.5) is 13.2 Å². The van der Waals surface area contributed by atoms with Crippen molar-refractivity contribution >= 4 is 0 Å². The van der Waals surface area contributed by atoms with Gasteiger partial charge in [0, 0.05) is 23.0 Å². The highest BCUT2D eigenvalue weighted by atomic mass is 19.4. The van der Waals surface area contributed by atoms with E-state index in [0.29, 0.717) is 11.3 Å². The number of aromatic amines is 1. The van der Waals surface area contributed by atoms with Crippen LogP contribution in [-0.4, -0.2) is 25.2 Å². The second kappa shape index (κ2) is 5.34. The van der Waals surface area contributed by atoms with Gasteiger partial charge in [-0.05, 0) is 36.4 Å². The molecule has 0 spiro atoms.